The normalized spacial score (nSPS) is 21.5. The van der Waals surface area contributed by atoms with Crippen LogP contribution in [0.15, 0.2) is 30.3 Å². The summed E-state index contributed by atoms with van der Waals surface area (Å²) < 4.78 is 0. The van der Waals surface area contributed by atoms with Crippen molar-refractivity contribution in [2.45, 2.75) is 44.7 Å². The first-order valence-corrected chi connectivity index (χ1v) is 7.25. The lowest BCUT2D eigenvalue weighted by Gasteiger charge is -2.29. The summed E-state index contributed by atoms with van der Waals surface area (Å²) in [7, 11) is 1.91. The van der Waals surface area contributed by atoms with Crippen LogP contribution < -0.4 is 5.32 Å². The highest BCUT2D eigenvalue weighted by atomic mass is 16.2. The molecule has 19 heavy (non-hydrogen) atoms. The van der Waals surface area contributed by atoms with Gasteiger partial charge in [-0.1, -0.05) is 43.2 Å². The molecule has 1 aliphatic rings. The Kier molecular flexibility index (Phi) is 4.97. The second kappa shape index (κ2) is 6.71. The fourth-order valence-electron chi connectivity index (χ4n) is 2.63. The smallest absolute Gasteiger partial charge is 0.239 e. The maximum absolute atomic E-state index is 12.5. The van der Waals surface area contributed by atoms with Crippen molar-refractivity contribution in [3.8, 4) is 0 Å². The van der Waals surface area contributed by atoms with Crippen LogP contribution in [0.4, 0.5) is 0 Å². The third-order valence-electron chi connectivity index (χ3n) is 4.07. The molecular formula is C16H24N2O. The maximum atomic E-state index is 12.5. The van der Waals surface area contributed by atoms with Crippen molar-refractivity contribution in [1.29, 1.82) is 0 Å². The van der Waals surface area contributed by atoms with Crippen LogP contribution in [0.5, 0.6) is 0 Å². The second-order valence-electron chi connectivity index (χ2n) is 5.39. The Hall–Kier alpha value is -1.35. The van der Waals surface area contributed by atoms with Gasteiger partial charge in [0.05, 0.1) is 12.1 Å². The van der Waals surface area contributed by atoms with Gasteiger partial charge < -0.3 is 10.2 Å². The lowest BCUT2D eigenvalue weighted by molar-refractivity contribution is -0.134. The van der Waals surface area contributed by atoms with Crippen molar-refractivity contribution in [2.24, 2.45) is 0 Å². The van der Waals surface area contributed by atoms with Crippen LogP contribution in [-0.2, 0) is 4.79 Å². The number of rotatable bonds is 3. The predicted octanol–water partition coefficient (Wildman–Crippen LogP) is 2.74. The molecule has 0 radical (unpaired) electrons. The van der Waals surface area contributed by atoms with E-state index in [1.165, 1.54) is 18.4 Å². The van der Waals surface area contributed by atoms with Gasteiger partial charge in [-0.3, -0.25) is 4.79 Å². The zero-order valence-corrected chi connectivity index (χ0v) is 11.9. The van der Waals surface area contributed by atoms with E-state index >= 15 is 0 Å². The third kappa shape index (κ3) is 3.57. The summed E-state index contributed by atoms with van der Waals surface area (Å²) in [6, 6.07) is 10.3. The maximum Gasteiger partial charge on any atom is 0.239 e. The summed E-state index contributed by atoms with van der Waals surface area (Å²) in [5.41, 5.74) is 1.19. The van der Waals surface area contributed by atoms with Crippen molar-refractivity contribution < 1.29 is 4.79 Å². The molecule has 104 valence electrons. The van der Waals surface area contributed by atoms with E-state index in [1.54, 1.807) is 0 Å². The molecule has 1 saturated heterocycles. The first kappa shape index (κ1) is 14.1. The van der Waals surface area contributed by atoms with Crippen molar-refractivity contribution in [1.82, 2.24) is 10.2 Å². The Morgan fingerprint density at radius 3 is 2.74 bits per heavy atom. The lowest BCUT2D eigenvalue weighted by atomic mass is 10.1. The minimum Gasteiger partial charge on any atom is -0.338 e. The average molecular weight is 260 g/mol. The number of hydrogen-bond acceptors (Lipinski definition) is 2. The number of hydrogen-bond donors (Lipinski definition) is 1. The highest BCUT2D eigenvalue weighted by Gasteiger charge is 2.25. The number of carbonyl (C=O) groups excluding carboxylic acids is 1. The molecule has 0 saturated carbocycles. The molecule has 3 nitrogen and oxygen atoms in total. The fourth-order valence-corrected chi connectivity index (χ4v) is 2.63. The van der Waals surface area contributed by atoms with Gasteiger partial charge in [0.25, 0.3) is 0 Å². The van der Waals surface area contributed by atoms with E-state index in [0.717, 1.165) is 19.4 Å². The summed E-state index contributed by atoms with van der Waals surface area (Å²) in [4.78, 5) is 14.4. The SMILES string of the molecule is CC(c1ccccc1)N(C)C(=O)C1CCCCCN1. The summed E-state index contributed by atoms with van der Waals surface area (Å²) in [6.45, 7) is 3.05. The average Bonchev–Trinajstić information content (AvgIpc) is 2.75. The quantitative estimate of drug-likeness (QED) is 0.906. The summed E-state index contributed by atoms with van der Waals surface area (Å²) >= 11 is 0. The van der Waals surface area contributed by atoms with Crippen molar-refractivity contribution in [2.75, 3.05) is 13.6 Å². The number of likely N-dealkylation sites (N-methyl/N-ethyl adjacent to an activating group) is 1. The molecule has 1 aromatic carbocycles. The summed E-state index contributed by atoms with van der Waals surface area (Å²) in [5, 5.41) is 3.38. The molecule has 1 amide bonds. The molecule has 1 aliphatic heterocycles. The van der Waals surface area contributed by atoms with Crippen LogP contribution in [0.25, 0.3) is 0 Å². The van der Waals surface area contributed by atoms with Gasteiger partial charge in [-0.2, -0.15) is 0 Å². The Morgan fingerprint density at radius 1 is 1.26 bits per heavy atom. The first-order valence-electron chi connectivity index (χ1n) is 7.25. The standard InChI is InChI=1S/C16H24N2O/c1-13(14-9-5-3-6-10-14)18(2)16(19)15-11-7-4-8-12-17-15/h3,5-6,9-10,13,15,17H,4,7-8,11-12H2,1-2H3. The summed E-state index contributed by atoms with van der Waals surface area (Å²) in [5.74, 6) is 0.221. The van der Waals surface area contributed by atoms with Crippen LogP contribution >= 0.6 is 0 Å². The largest absolute Gasteiger partial charge is 0.338 e. The van der Waals surface area contributed by atoms with Gasteiger partial charge in [0.15, 0.2) is 0 Å². The number of benzene rings is 1. The minimum atomic E-state index is -0.00124. The summed E-state index contributed by atoms with van der Waals surface area (Å²) in [6.07, 6.45) is 4.53. The van der Waals surface area contributed by atoms with Crippen LogP contribution in [0.2, 0.25) is 0 Å². The molecule has 0 aromatic heterocycles. The predicted molar refractivity (Wildman–Crippen MR) is 77.9 cm³/mol. The second-order valence-corrected chi connectivity index (χ2v) is 5.39. The highest BCUT2D eigenvalue weighted by Crippen LogP contribution is 2.20. The molecule has 2 rings (SSSR count). The van der Waals surface area contributed by atoms with Crippen molar-refractivity contribution >= 4 is 5.91 Å². The fraction of sp³-hybridized carbons (Fsp3) is 0.562. The van der Waals surface area contributed by atoms with Gasteiger partial charge in [0.2, 0.25) is 5.91 Å². The Bertz CT molecular complexity index is 396. The highest BCUT2D eigenvalue weighted by molar-refractivity contribution is 5.82. The molecule has 0 aliphatic carbocycles. The Morgan fingerprint density at radius 2 is 2.00 bits per heavy atom. The Labute approximate surface area is 116 Å². The van der Waals surface area contributed by atoms with Gasteiger partial charge in [0.1, 0.15) is 0 Å². The number of carbonyl (C=O) groups is 1. The van der Waals surface area contributed by atoms with Crippen LogP contribution in [0.3, 0.4) is 0 Å². The number of nitrogens with zero attached hydrogens (tertiary/aromatic N) is 1. The number of amides is 1. The van der Waals surface area contributed by atoms with Gasteiger partial charge >= 0.3 is 0 Å². The van der Waals surface area contributed by atoms with Gasteiger partial charge in [-0.15, -0.1) is 0 Å². The number of nitrogens with one attached hydrogen (secondary N) is 1. The van der Waals surface area contributed by atoms with E-state index in [2.05, 4.69) is 24.4 Å². The van der Waals surface area contributed by atoms with Crippen LogP contribution in [-0.4, -0.2) is 30.4 Å². The van der Waals surface area contributed by atoms with Crippen molar-refractivity contribution in [3.05, 3.63) is 35.9 Å². The zero-order chi connectivity index (χ0) is 13.7. The molecule has 0 bridgehead atoms. The van der Waals surface area contributed by atoms with Gasteiger partial charge in [-0.05, 0) is 31.9 Å². The van der Waals surface area contributed by atoms with E-state index in [4.69, 9.17) is 0 Å². The van der Waals surface area contributed by atoms with E-state index in [9.17, 15) is 4.79 Å². The molecule has 1 N–H and O–H groups in total. The van der Waals surface area contributed by atoms with Gasteiger partial charge in [0, 0.05) is 7.05 Å². The third-order valence-corrected chi connectivity index (χ3v) is 4.07. The molecular weight excluding hydrogens is 236 g/mol. The van der Waals surface area contributed by atoms with E-state index < -0.39 is 0 Å². The minimum absolute atomic E-state index is 0.00124. The molecule has 1 fully saturated rings. The molecule has 2 atom stereocenters. The van der Waals surface area contributed by atoms with Gasteiger partial charge in [-0.25, -0.2) is 0 Å². The topological polar surface area (TPSA) is 32.3 Å². The Balaban J connectivity index is 2.01. The van der Waals surface area contributed by atoms with Crippen molar-refractivity contribution in [3.63, 3.8) is 0 Å². The van der Waals surface area contributed by atoms with Crippen LogP contribution in [0, 0.1) is 0 Å². The molecule has 1 heterocycles. The molecule has 1 aromatic rings. The molecule has 2 unspecified atom stereocenters. The van der Waals surface area contributed by atoms with E-state index in [1.807, 2.05) is 30.1 Å². The monoisotopic (exact) mass is 260 g/mol. The molecule has 3 heteroatoms. The van der Waals surface area contributed by atoms with E-state index in [-0.39, 0.29) is 18.0 Å². The molecule has 0 spiro atoms. The lowest BCUT2D eigenvalue weighted by Crippen LogP contribution is -2.45. The first-order chi connectivity index (χ1) is 9.20. The van der Waals surface area contributed by atoms with E-state index in [0.29, 0.717) is 0 Å². The van der Waals surface area contributed by atoms with Crippen LogP contribution in [0.1, 0.15) is 44.2 Å². The zero-order valence-electron chi connectivity index (χ0n) is 11.9.